The minimum atomic E-state index is -0.289. The Hall–Kier alpha value is -2.90. The van der Waals surface area contributed by atoms with E-state index in [0.29, 0.717) is 17.2 Å². The van der Waals surface area contributed by atoms with E-state index in [1.807, 2.05) is 37.3 Å². The van der Waals surface area contributed by atoms with Gasteiger partial charge in [0, 0.05) is 22.8 Å². The second-order valence-electron chi connectivity index (χ2n) is 7.05. The Bertz CT molecular complexity index is 1210. The van der Waals surface area contributed by atoms with Crippen LogP contribution in [0, 0.1) is 12.7 Å². The summed E-state index contributed by atoms with van der Waals surface area (Å²) in [6, 6.07) is 15.7. The number of aryl methyl sites for hydroxylation is 1. The summed E-state index contributed by atoms with van der Waals surface area (Å²) >= 11 is 7.29. The van der Waals surface area contributed by atoms with E-state index < -0.39 is 0 Å². The van der Waals surface area contributed by atoms with Gasteiger partial charge in [-0.15, -0.1) is 0 Å². The van der Waals surface area contributed by atoms with Crippen LogP contribution in [0.5, 0.6) is 0 Å². The largest absolute Gasteiger partial charge is 0.355 e. The zero-order valence-corrected chi connectivity index (χ0v) is 18.4. The molecule has 0 saturated carbocycles. The van der Waals surface area contributed by atoms with Crippen molar-refractivity contribution in [3.8, 4) is 11.1 Å². The van der Waals surface area contributed by atoms with Crippen molar-refractivity contribution in [3.05, 3.63) is 82.9 Å². The van der Waals surface area contributed by atoms with Crippen molar-refractivity contribution in [3.63, 3.8) is 0 Å². The molecule has 0 aliphatic carbocycles. The molecule has 0 atom stereocenters. The fourth-order valence-corrected chi connectivity index (χ4v) is 4.19. The Morgan fingerprint density at radius 1 is 1.16 bits per heavy atom. The minimum absolute atomic E-state index is 0.0486. The first-order valence-corrected chi connectivity index (χ1v) is 11.1. The van der Waals surface area contributed by atoms with E-state index in [9.17, 15) is 9.18 Å². The van der Waals surface area contributed by atoms with E-state index >= 15 is 0 Å². The van der Waals surface area contributed by atoms with Gasteiger partial charge in [0.2, 0.25) is 5.91 Å². The molecule has 0 bridgehead atoms. The SMILES string of the molecule is Cc1cc(SCC(=O)NCCc2ccc(Cl)cc2)n2ncc(-c3ccc(F)cc3)c2n1. The van der Waals surface area contributed by atoms with Crippen LogP contribution in [-0.2, 0) is 11.2 Å². The van der Waals surface area contributed by atoms with Crippen LogP contribution in [0.15, 0.2) is 65.8 Å². The lowest BCUT2D eigenvalue weighted by Crippen LogP contribution is -2.27. The Labute approximate surface area is 188 Å². The van der Waals surface area contributed by atoms with Crippen molar-refractivity contribution in [2.75, 3.05) is 12.3 Å². The number of carbonyl (C=O) groups is 1. The van der Waals surface area contributed by atoms with E-state index in [1.165, 1.54) is 23.9 Å². The van der Waals surface area contributed by atoms with Gasteiger partial charge in [-0.1, -0.05) is 47.6 Å². The van der Waals surface area contributed by atoms with Gasteiger partial charge in [0.1, 0.15) is 10.8 Å². The number of thioether (sulfide) groups is 1. The Balaban J connectivity index is 1.41. The van der Waals surface area contributed by atoms with Crippen LogP contribution in [0.1, 0.15) is 11.3 Å². The van der Waals surface area contributed by atoms with E-state index in [-0.39, 0.29) is 17.5 Å². The summed E-state index contributed by atoms with van der Waals surface area (Å²) in [7, 11) is 0. The Morgan fingerprint density at radius 2 is 1.90 bits per heavy atom. The third-order valence-corrected chi connectivity index (χ3v) is 5.97. The summed E-state index contributed by atoms with van der Waals surface area (Å²) in [6.45, 7) is 2.46. The zero-order valence-electron chi connectivity index (χ0n) is 16.8. The van der Waals surface area contributed by atoms with Gasteiger partial charge in [-0.3, -0.25) is 4.79 Å². The molecule has 0 fully saturated rings. The lowest BCUT2D eigenvalue weighted by Gasteiger charge is -2.08. The average Bonchev–Trinajstić information content (AvgIpc) is 3.18. The molecule has 4 aromatic rings. The summed E-state index contributed by atoms with van der Waals surface area (Å²) in [5, 5.41) is 8.91. The van der Waals surface area contributed by atoms with E-state index in [4.69, 9.17) is 11.6 Å². The average molecular weight is 455 g/mol. The van der Waals surface area contributed by atoms with Crippen LogP contribution in [0.4, 0.5) is 4.39 Å². The molecular weight excluding hydrogens is 435 g/mol. The predicted molar refractivity (Wildman–Crippen MR) is 122 cm³/mol. The molecule has 158 valence electrons. The Kier molecular flexibility index (Phi) is 6.53. The van der Waals surface area contributed by atoms with E-state index in [1.54, 1.807) is 22.8 Å². The van der Waals surface area contributed by atoms with Gasteiger partial charge < -0.3 is 5.32 Å². The molecule has 5 nitrogen and oxygen atoms in total. The number of benzene rings is 2. The number of carbonyl (C=O) groups excluding carboxylic acids is 1. The third-order valence-electron chi connectivity index (χ3n) is 4.72. The summed E-state index contributed by atoms with van der Waals surface area (Å²) in [6.07, 6.45) is 2.46. The maximum Gasteiger partial charge on any atom is 0.230 e. The fourth-order valence-electron chi connectivity index (χ4n) is 3.17. The first kappa shape index (κ1) is 21.3. The van der Waals surface area contributed by atoms with Crippen LogP contribution in [0.25, 0.3) is 16.8 Å². The van der Waals surface area contributed by atoms with Gasteiger partial charge in [-0.2, -0.15) is 5.10 Å². The van der Waals surface area contributed by atoms with Crippen LogP contribution in [0.3, 0.4) is 0 Å². The molecule has 0 unspecified atom stereocenters. The number of nitrogens with zero attached hydrogens (tertiary/aromatic N) is 3. The summed E-state index contributed by atoms with van der Waals surface area (Å²) < 4.78 is 15.0. The number of nitrogens with one attached hydrogen (secondary N) is 1. The highest BCUT2D eigenvalue weighted by Gasteiger charge is 2.13. The number of rotatable bonds is 7. The molecule has 1 amide bonds. The molecule has 2 aromatic heterocycles. The quantitative estimate of drug-likeness (QED) is 0.317. The highest BCUT2D eigenvalue weighted by molar-refractivity contribution is 7.99. The van der Waals surface area contributed by atoms with Crippen molar-refractivity contribution < 1.29 is 9.18 Å². The molecule has 8 heteroatoms. The van der Waals surface area contributed by atoms with Gasteiger partial charge in [0.05, 0.1) is 11.9 Å². The van der Waals surface area contributed by atoms with Gasteiger partial charge in [0.25, 0.3) is 0 Å². The normalized spacial score (nSPS) is 11.1. The number of aromatic nitrogens is 3. The molecule has 0 radical (unpaired) electrons. The van der Waals surface area contributed by atoms with Crippen LogP contribution in [0.2, 0.25) is 5.02 Å². The summed E-state index contributed by atoms with van der Waals surface area (Å²) in [5.41, 5.74) is 4.27. The minimum Gasteiger partial charge on any atom is -0.355 e. The number of amides is 1. The lowest BCUT2D eigenvalue weighted by molar-refractivity contribution is -0.118. The molecule has 0 spiro atoms. The monoisotopic (exact) mass is 454 g/mol. The number of hydrogen-bond donors (Lipinski definition) is 1. The lowest BCUT2D eigenvalue weighted by atomic mass is 10.1. The molecule has 0 aliphatic rings. The van der Waals surface area contributed by atoms with E-state index in [0.717, 1.165) is 33.8 Å². The first-order valence-electron chi connectivity index (χ1n) is 9.75. The fraction of sp³-hybridized carbons (Fsp3) is 0.174. The molecule has 1 N–H and O–H groups in total. The molecule has 4 rings (SSSR count). The summed E-state index contributed by atoms with van der Waals surface area (Å²) in [5.74, 6) is -0.0690. The van der Waals surface area contributed by atoms with Crippen LogP contribution >= 0.6 is 23.4 Å². The molecular formula is C23H20ClFN4OS. The second-order valence-corrected chi connectivity index (χ2v) is 8.48. The number of halogens is 2. The molecule has 0 aliphatic heterocycles. The van der Waals surface area contributed by atoms with Gasteiger partial charge in [-0.05, 0) is 54.8 Å². The number of hydrogen-bond acceptors (Lipinski definition) is 4. The van der Waals surface area contributed by atoms with Crippen molar-refractivity contribution in [2.24, 2.45) is 0 Å². The van der Waals surface area contributed by atoms with Crippen molar-refractivity contribution in [1.29, 1.82) is 0 Å². The third kappa shape index (κ3) is 5.24. The van der Waals surface area contributed by atoms with Crippen LogP contribution in [-0.4, -0.2) is 32.8 Å². The van der Waals surface area contributed by atoms with Crippen molar-refractivity contribution in [2.45, 2.75) is 18.4 Å². The molecule has 2 heterocycles. The van der Waals surface area contributed by atoms with Crippen molar-refractivity contribution in [1.82, 2.24) is 19.9 Å². The Morgan fingerprint density at radius 3 is 2.65 bits per heavy atom. The topological polar surface area (TPSA) is 59.3 Å². The smallest absolute Gasteiger partial charge is 0.230 e. The summed E-state index contributed by atoms with van der Waals surface area (Å²) in [4.78, 5) is 16.9. The highest BCUT2D eigenvalue weighted by atomic mass is 35.5. The molecule has 2 aromatic carbocycles. The predicted octanol–water partition coefficient (Wildman–Crippen LogP) is 4.95. The molecule has 31 heavy (non-hydrogen) atoms. The number of fused-ring (bicyclic) bond motifs is 1. The van der Waals surface area contributed by atoms with Gasteiger partial charge in [0.15, 0.2) is 5.65 Å². The second kappa shape index (κ2) is 9.49. The first-order chi connectivity index (χ1) is 15.0. The van der Waals surface area contributed by atoms with Gasteiger partial charge in [-0.25, -0.2) is 13.9 Å². The van der Waals surface area contributed by atoms with Crippen molar-refractivity contribution >= 4 is 34.9 Å². The van der Waals surface area contributed by atoms with E-state index in [2.05, 4.69) is 15.4 Å². The van der Waals surface area contributed by atoms with Crippen LogP contribution < -0.4 is 5.32 Å². The maximum absolute atomic E-state index is 13.3. The van der Waals surface area contributed by atoms with Gasteiger partial charge >= 0.3 is 0 Å². The standard InChI is InChI=1S/C23H20ClFN4OS/c1-15-12-22(31-14-21(30)26-11-10-16-2-6-18(24)7-3-16)29-23(28-15)20(13-27-29)17-4-8-19(25)9-5-17/h2-9,12-13H,10-11,14H2,1H3,(H,26,30). The zero-order chi connectivity index (χ0) is 21.8. The molecule has 0 saturated heterocycles. The highest BCUT2D eigenvalue weighted by Crippen LogP contribution is 2.27. The maximum atomic E-state index is 13.3.